The van der Waals surface area contributed by atoms with Gasteiger partial charge in [-0.1, -0.05) is 18.2 Å². The second-order valence-corrected chi connectivity index (χ2v) is 6.70. The molecule has 0 fully saturated rings. The Bertz CT molecular complexity index is 1300. The van der Waals surface area contributed by atoms with Crippen molar-refractivity contribution < 1.29 is 19.8 Å². The molecule has 148 valence electrons. The number of hydrogen-bond donors (Lipinski definition) is 4. The van der Waals surface area contributed by atoms with Crippen LogP contribution in [-0.4, -0.2) is 33.1 Å². The van der Waals surface area contributed by atoms with Crippen LogP contribution in [0.4, 0.5) is 5.69 Å². The number of primary amides is 1. The highest BCUT2D eigenvalue weighted by Crippen LogP contribution is 2.28. The third-order valence-electron chi connectivity index (χ3n) is 4.68. The van der Waals surface area contributed by atoms with Crippen LogP contribution >= 0.6 is 0 Å². The Morgan fingerprint density at radius 2 is 1.60 bits per heavy atom. The summed E-state index contributed by atoms with van der Waals surface area (Å²) in [6.07, 6.45) is 1.47. The molecule has 0 aliphatic rings. The van der Waals surface area contributed by atoms with Crippen molar-refractivity contribution in [1.29, 1.82) is 0 Å². The number of hydrogen-bond acceptors (Lipinski definition) is 5. The second-order valence-electron chi connectivity index (χ2n) is 6.70. The van der Waals surface area contributed by atoms with E-state index < -0.39 is 5.91 Å². The van der Waals surface area contributed by atoms with E-state index in [4.69, 9.17) is 5.73 Å². The normalized spacial score (nSPS) is 11.2. The van der Waals surface area contributed by atoms with Crippen LogP contribution in [0.15, 0.2) is 71.7 Å². The van der Waals surface area contributed by atoms with Crippen LogP contribution in [0.3, 0.4) is 0 Å². The summed E-state index contributed by atoms with van der Waals surface area (Å²) >= 11 is 0. The molecule has 1 heterocycles. The second kappa shape index (κ2) is 7.56. The number of phenolic OH excluding ortho intramolecular Hbond substituents is 1. The number of ketones is 1. The van der Waals surface area contributed by atoms with Crippen molar-refractivity contribution in [2.75, 3.05) is 0 Å². The maximum atomic E-state index is 12.9. The van der Waals surface area contributed by atoms with Gasteiger partial charge in [0.2, 0.25) is 5.91 Å². The van der Waals surface area contributed by atoms with Crippen molar-refractivity contribution in [3.8, 4) is 11.6 Å². The van der Waals surface area contributed by atoms with Gasteiger partial charge < -0.3 is 20.9 Å². The number of rotatable bonds is 5. The molecule has 5 N–H and O–H groups in total. The topological polar surface area (TPSA) is 129 Å². The standard InChI is InChI=1S/C23H17N3O4/c24-22(29)14-6-4-13(5-7-14)21(28)15-8-9-20-18(10-15)19(23(30)26-20)12-25-16-2-1-3-17(27)11-16/h1-12,26-27,30H,(H2,24,29). The molecule has 0 saturated heterocycles. The molecule has 0 bridgehead atoms. The molecule has 1 aromatic heterocycles. The average molecular weight is 399 g/mol. The van der Waals surface area contributed by atoms with E-state index in [-0.39, 0.29) is 17.4 Å². The van der Waals surface area contributed by atoms with Crippen LogP contribution < -0.4 is 5.73 Å². The van der Waals surface area contributed by atoms with Crippen molar-refractivity contribution in [2.24, 2.45) is 10.7 Å². The van der Waals surface area contributed by atoms with Crippen LogP contribution in [0, 0.1) is 0 Å². The number of nitrogens with one attached hydrogen (secondary N) is 1. The molecule has 0 unspecified atom stereocenters. The molecule has 3 aromatic carbocycles. The lowest BCUT2D eigenvalue weighted by atomic mass is 10.00. The fraction of sp³-hybridized carbons (Fsp3) is 0. The summed E-state index contributed by atoms with van der Waals surface area (Å²) < 4.78 is 0. The predicted octanol–water partition coefficient (Wildman–Crippen LogP) is 3.66. The first-order valence-corrected chi connectivity index (χ1v) is 9.05. The molecule has 0 aliphatic heterocycles. The van der Waals surface area contributed by atoms with Gasteiger partial charge in [0.1, 0.15) is 5.75 Å². The summed E-state index contributed by atoms with van der Waals surface area (Å²) in [5, 5.41) is 20.4. The van der Waals surface area contributed by atoms with Crippen molar-refractivity contribution in [1.82, 2.24) is 4.98 Å². The number of amides is 1. The van der Waals surface area contributed by atoms with Gasteiger partial charge in [0.15, 0.2) is 11.7 Å². The van der Waals surface area contributed by atoms with Gasteiger partial charge >= 0.3 is 0 Å². The Morgan fingerprint density at radius 3 is 2.30 bits per heavy atom. The van der Waals surface area contributed by atoms with E-state index in [2.05, 4.69) is 9.98 Å². The quantitative estimate of drug-likeness (QED) is 0.301. The van der Waals surface area contributed by atoms with E-state index in [9.17, 15) is 19.8 Å². The van der Waals surface area contributed by atoms with Gasteiger partial charge in [0.05, 0.1) is 11.3 Å². The third-order valence-corrected chi connectivity index (χ3v) is 4.68. The highest BCUT2D eigenvalue weighted by molar-refractivity contribution is 6.12. The number of benzene rings is 3. The Balaban J connectivity index is 1.70. The summed E-state index contributed by atoms with van der Waals surface area (Å²) in [7, 11) is 0. The van der Waals surface area contributed by atoms with Crippen LogP contribution in [-0.2, 0) is 0 Å². The van der Waals surface area contributed by atoms with Gasteiger partial charge in [-0.2, -0.15) is 0 Å². The molecule has 7 heteroatoms. The number of aromatic nitrogens is 1. The number of nitrogens with two attached hydrogens (primary N) is 1. The summed E-state index contributed by atoms with van der Waals surface area (Å²) in [6.45, 7) is 0. The molecular weight excluding hydrogens is 382 g/mol. The summed E-state index contributed by atoms with van der Waals surface area (Å²) in [6, 6.07) is 17.5. The molecule has 4 rings (SSSR count). The molecule has 0 radical (unpaired) electrons. The Kier molecular flexibility index (Phi) is 4.77. The van der Waals surface area contributed by atoms with Crippen molar-refractivity contribution in [3.05, 3.63) is 89.0 Å². The number of phenols is 1. The first-order chi connectivity index (χ1) is 14.4. The third kappa shape index (κ3) is 3.64. The van der Waals surface area contributed by atoms with Gasteiger partial charge in [-0.05, 0) is 42.5 Å². The van der Waals surface area contributed by atoms with Crippen LogP contribution in [0.2, 0.25) is 0 Å². The lowest BCUT2D eigenvalue weighted by Crippen LogP contribution is -2.11. The van der Waals surface area contributed by atoms with Crippen LogP contribution in [0.5, 0.6) is 11.6 Å². The van der Waals surface area contributed by atoms with E-state index >= 15 is 0 Å². The molecule has 0 atom stereocenters. The van der Waals surface area contributed by atoms with Crippen LogP contribution in [0.25, 0.3) is 10.9 Å². The first kappa shape index (κ1) is 18.9. The number of aromatic amines is 1. The zero-order valence-electron chi connectivity index (χ0n) is 15.7. The minimum absolute atomic E-state index is 0.0793. The van der Waals surface area contributed by atoms with E-state index in [0.29, 0.717) is 38.8 Å². The van der Waals surface area contributed by atoms with Gasteiger partial charge in [0.25, 0.3) is 0 Å². The van der Waals surface area contributed by atoms with Gasteiger partial charge in [0, 0.05) is 39.9 Å². The maximum absolute atomic E-state index is 12.9. The lowest BCUT2D eigenvalue weighted by molar-refractivity contribution is 0.0997. The molecule has 1 amide bonds. The number of fused-ring (bicyclic) bond motifs is 1. The van der Waals surface area contributed by atoms with Crippen molar-refractivity contribution in [3.63, 3.8) is 0 Å². The maximum Gasteiger partial charge on any atom is 0.248 e. The minimum Gasteiger partial charge on any atom is -0.508 e. The zero-order valence-corrected chi connectivity index (χ0v) is 15.7. The van der Waals surface area contributed by atoms with Gasteiger partial charge in [-0.25, -0.2) is 0 Å². The van der Waals surface area contributed by atoms with E-state index in [1.54, 1.807) is 42.5 Å². The first-order valence-electron chi connectivity index (χ1n) is 9.05. The Labute approximate surface area is 171 Å². The zero-order chi connectivity index (χ0) is 21.3. The van der Waals surface area contributed by atoms with E-state index in [1.807, 2.05) is 0 Å². The number of carbonyl (C=O) groups excluding carboxylic acids is 2. The monoisotopic (exact) mass is 399 g/mol. The lowest BCUT2D eigenvalue weighted by Gasteiger charge is -2.03. The van der Waals surface area contributed by atoms with Crippen molar-refractivity contribution in [2.45, 2.75) is 0 Å². The number of nitrogens with zero attached hydrogens (tertiary/aromatic N) is 1. The highest BCUT2D eigenvalue weighted by atomic mass is 16.3. The summed E-state index contributed by atoms with van der Waals surface area (Å²) in [5.41, 5.74) is 7.97. The number of aromatic hydroxyl groups is 2. The highest BCUT2D eigenvalue weighted by Gasteiger charge is 2.14. The molecule has 0 saturated carbocycles. The molecule has 4 aromatic rings. The molecule has 7 nitrogen and oxygen atoms in total. The number of aliphatic imine (C=N–C) groups is 1. The fourth-order valence-corrected chi connectivity index (χ4v) is 3.14. The molecular formula is C23H17N3O4. The molecule has 30 heavy (non-hydrogen) atoms. The van der Waals surface area contributed by atoms with Gasteiger partial charge in [-0.3, -0.25) is 14.6 Å². The van der Waals surface area contributed by atoms with Gasteiger partial charge in [-0.15, -0.1) is 0 Å². The predicted molar refractivity (Wildman–Crippen MR) is 114 cm³/mol. The SMILES string of the molecule is NC(=O)c1ccc(C(=O)c2ccc3[nH]c(O)c(C=Nc4cccc(O)c4)c3c2)cc1. The van der Waals surface area contributed by atoms with E-state index in [0.717, 1.165) is 0 Å². The summed E-state index contributed by atoms with van der Waals surface area (Å²) in [4.78, 5) is 31.2. The largest absolute Gasteiger partial charge is 0.508 e. The molecule has 0 spiro atoms. The fourth-order valence-electron chi connectivity index (χ4n) is 3.14. The van der Waals surface area contributed by atoms with Crippen LogP contribution in [0.1, 0.15) is 31.8 Å². The average Bonchev–Trinajstić information content (AvgIpc) is 3.06. The summed E-state index contributed by atoms with van der Waals surface area (Å²) in [5.74, 6) is -0.786. The minimum atomic E-state index is -0.561. The van der Waals surface area contributed by atoms with Crippen molar-refractivity contribution >= 4 is 34.5 Å². The smallest absolute Gasteiger partial charge is 0.248 e. The number of H-pyrrole nitrogens is 1. The number of carbonyl (C=O) groups is 2. The van der Waals surface area contributed by atoms with E-state index in [1.165, 1.54) is 30.5 Å². The Morgan fingerprint density at radius 1 is 0.900 bits per heavy atom. The molecule has 0 aliphatic carbocycles. The Hall–Kier alpha value is -4.39.